The fraction of sp³-hybridized carbons (Fsp3) is 0.211. The molecule has 1 aromatic heterocycles. The summed E-state index contributed by atoms with van der Waals surface area (Å²) in [5.74, 6) is 1.75. The molecule has 0 aliphatic carbocycles. The number of rotatable bonds is 8. The smallest absolute Gasteiger partial charge is 0.278 e. The standard InChI is InChI=1S/C19H19N3O2S/c23-18-17(15-9-3-1-4-10-15)21-22-19(20-18)25-14-8-7-13-24-16-11-5-2-6-12-16/h1-6,9-12H,7-8,13-14H2,(H,20,22,23). The molecule has 0 aliphatic heterocycles. The second-order valence-electron chi connectivity index (χ2n) is 5.39. The zero-order chi connectivity index (χ0) is 17.3. The van der Waals surface area contributed by atoms with Crippen molar-refractivity contribution in [3.63, 3.8) is 0 Å². The van der Waals surface area contributed by atoms with Crippen LogP contribution >= 0.6 is 11.8 Å². The molecule has 1 heterocycles. The van der Waals surface area contributed by atoms with Crippen LogP contribution in [0.2, 0.25) is 0 Å². The second kappa shape index (κ2) is 9.03. The minimum atomic E-state index is -0.212. The Morgan fingerprint density at radius 2 is 1.64 bits per heavy atom. The maximum atomic E-state index is 12.1. The van der Waals surface area contributed by atoms with Crippen LogP contribution in [0.15, 0.2) is 70.6 Å². The van der Waals surface area contributed by atoms with Crippen molar-refractivity contribution in [3.8, 4) is 17.0 Å². The van der Waals surface area contributed by atoms with E-state index in [2.05, 4.69) is 15.2 Å². The molecule has 1 N–H and O–H groups in total. The third kappa shape index (κ3) is 5.19. The number of ether oxygens (including phenoxy) is 1. The molecule has 0 spiro atoms. The zero-order valence-corrected chi connectivity index (χ0v) is 14.5. The lowest BCUT2D eigenvalue weighted by atomic mass is 10.2. The molecule has 0 saturated carbocycles. The van der Waals surface area contributed by atoms with E-state index < -0.39 is 0 Å². The van der Waals surface area contributed by atoms with Gasteiger partial charge in [0.15, 0.2) is 10.9 Å². The SMILES string of the molecule is O=c1[nH]c(SCCCCOc2ccccc2)nnc1-c1ccccc1. The van der Waals surface area contributed by atoms with Gasteiger partial charge in [-0.1, -0.05) is 60.3 Å². The first-order valence-corrected chi connectivity index (χ1v) is 9.14. The van der Waals surface area contributed by atoms with Gasteiger partial charge in [-0.15, -0.1) is 10.2 Å². The number of para-hydroxylation sites is 1. The quantitative estimate of drug-likeness (QED) is 0.493. The van der Waals surface area contributed by atoms with Crippen LogP contribution in [-0.4, -0.2) is 27.5 Å². The summed E-state index contributed by atoms with van der Waals surface area (Å²) >= 11 is 1.50. The van der Waals surface area contributed by atoms with E-state index in [4.69, 9.17) is 4.74 Å². The highest BCUT2D eigenvalue weighted by molar-refractivity contribution is 7.99. The molecule has 2 aromatic carbocycles. The third-order valence-corrected chi connectivity index (χ3v) is 4.46. The van der Waals surface area contributed by atoms with Crippen LogP contribution in [0.4, 0.5) is 0 Å². The van der Waals surface area contributed by atoms with E-state index in [9.17, 15) is 4.79 Å². The van der Waals surface area contributed by atoms with Gasteiger partial charge < -0.3 is 4.74 Å². The van der Waals surface area contributed by atoms with Gasteiger partial charge in [-0.05, 0) is 25.0 Å². The molecule has 0 radical (unpaired) electrons. The topological polar surface area (TPSA) is 67.9 Å². The first-order valence-electron chi connectivity index (χ1n) is 8.16. The van der Waals surface area contributed by atoms with Crippen LogP contribution in [0.5, 0.6) is 5.75 Å². The largest absolute Gasteiger partial charge is 0.494 e. The van der Waals surface area contributed by atoms with Gasteiger partial charge in [0, 0.05) is 11.3 Å². The van der Waals surface area contributed by atoms with Crippen LogP contribution in [0, 0.1) is 0 Å². The number of benzene rings is 2. The van der Waals surface area contributed by atoms with Gasteiger partial charge in [0.1, 0.15) is 5.75 Å². The number of aromatic amines is 1. The lowest BCUT2D eigenvalue weighted by molar-refractivity contribution is 0.310. The minimum Gasteiger partial charge on any atom is -0.494 e. The highest BCUT2D eigenvalue weighted by atomic mass is 32.2. The summed E-state index contributed by atoms with van der Waals surface area (Å²) in [6.07, 6.45) is 1.92. The van der Waals surface area contributed by atoms with E-state index in [-0.39, 0.29) is 5.56 Å². The fourth-order valence-corrected chi connectivity index (χ4v) is 3.06. The van der Waals surface area contributed by atoms with E-state index in [0.717, 1.165) is 29.9 Å². The van der Waals surface area contributed by atoms with Gasteiger partial charge in [0.2, 0.25) is 0 Å². The Bertz CT molecular complexity index is 838. The molecule has 3 aromatic rings. The number of unbranched alkanes of at least 4 members (excludes halogenated alkanes) is 1. The van der Waals surface area contributed by atoms with Crippen molar-refractivity contribution in [1.29, 1.82) is 0 Å². The Kier molecular flexibility index (Phi) is 6.23. The Balaban J connectivity index is 1.43. The minimum absolute atomic E-state index is 0.212. The van der Waals surface area contributed by atoms with Crippen molar-refractivity contribution in [3.05, 3.63) is 71.0 Å². The number of nitrogens with zero attached hydrogens (tertiary/aromatic N) is 2. The highest BCUT2D eigenvalue weighted by Gasteiger charge is 2.07. The Morgan fingerprint density at radius 3 is 2.36 bits per heavy atom. The summed E-state index contributed by atoms with van der Waals surface area (Å²) in [6.45, 7) is 0.680. The molecule has 128 valence electrons. The Morgan fingerprint density at radius 1 is 0.920 bits per heavy atom. The summed E-state index contributed by atoms with van der Waals surface area (Å²) in [4.78, 5) is 14.9. The molecule has 0 amide bonds. The molecule has 0 unspecified atom stereocenters. The van der Waals surface area contributed by atoms with Gasteiger partial charge >= 0.3 is 0 Å². The van der Waals surface area contributed by atoms with Crippen LogP contribution in [0.1, 0.15) is 12.8 Å². The number of thioether (sulfide) groups is 1. The maximum absolute atomic E-state index is 12.1. The van der Waals surface area contributed by atoms with E-state index >= 15 is 0 Å². The first kappa shape index (κ1) is 17.2. The second-order valence-corrected chi connectivity index (χ2v) is 6.47. The molecule has 5 nitrogen and oxygen atoms in total. The average molecular weight is 353 g/mol. The third-order valence-electron chi connectivity index (χ3n) is 3.51. The summed E-state index contributed by atoms with van der Waals surface area (Å²) in [6, 6.07) is 19.1. The maximum Gasteiger partial charge on any atom is 0.278 e. The van der Waals surface area contributed by atoms with Crippen LogP contribution < -0.4 is 10.3 Å². The highest BCUT2D eigenvalue weighted by Crippen LogP contribution is 2.15. The predicted molar refractivity (Wildman–Crippen MR) is 100.0 cm³/mol. The average Bonchev–Trinajstić information content (AvgIpc) is 2.66. The first-order chi connectivity index (χ1) is 12.3. The predicted octanol–water partition coefficient (Wildman–Crippen LogP) is 3.78. The van der Waals surface area contributed by atoms with Gasteiger partial charge in [-0.25, -0.2) is 0 Å². The van der Waals surface area contributed by atoms with E-state index in [1.807, 2.05) is 60.7 Å². The molecule has 0 saturated heterocycles. The molecular weight excluding hydrogens is 334 g/mol. The van der Waals surface area contributed by atoms with Crippen molar-refractivity contribution in [2.45, 2.75) is 18.0 Å². The number of nitrogens with one attached hydrogen (secondary N) is 1. The Hall–Kier alpha value is -2.60. The van der Waals surface area contributed by atoms with E-state index in [1.54, 1.807) is 0 Å². The molecule has 0 bridgehead atoms. The van der Waals surface area contributed by atoms with Crippen molar-refractivity contribution >= 4 is 11.8 Å². The number of H-pyrrole nitrogens is 1. The van der Waals surface area contributed by atoms with Gasteiger partial charge in [0.05, 0.1) is 6.61 Å². The van der Waals surface area contributed by atoms with Crippen LogP contribution in [0.25, 0.3) is 11.3 Å². The number of hydrogen-bond donors (Lipinski definition) is 1. The molecule has 3 rings (SSSR count). The van der Waals surface area contributed by atoms with Gasteiger partial charge in [0.25, 0.3) is 5.56 Å². The molecule has 0 fully saturated rings. The molecule has 6 heteroatoms. The number of aromatic nitrogens is 3. The fourth-order valence-electron chi connectivity index (χ4n) is 2.25. The molecule has 25 heavy (non-hydrogen) atoms. The van der Waals surface area contributed by atoms with Crippen molar-refractivity contribution in [1.82, 2.24) is 15.2 Å². The van der Waals surface area contributed by atoms with Crippen molar-refractivity contribution in [2.75, 3.05) is 12.4 Å². The lowest BCUT2D eigenvalue weighted by Crippen LogP contribution is -2.14. The Labute approximate surface area is 150 Å². The van der Waals surface area contributed by atoms with E-state index in [0.29, 0.717) is 17.5 Å². The van der Waals surface area contributed by atoms with E-state index in [1.165, 1.54) is 11.8 Å². The summed E-state index contributed by atoms with van der Waals surface area (Å²) in [5, 5.41) is 8.72. The zero-order valence-electron chi connectivity index (χ0n) is 13.7. The number of hydrogen-bond acceptors (Lipinski definition) is 5. The van der Waals surface area contributed by atoms with Crippen molar-refractivity contribution in [2.24, 2.45) is 0 Å². The van der Waals surface area contributed by atoms with Gasteiger partial charge in [-0.2, -0.15) is 0 Å². The summed E-state index contributed by atoms with van der Waals surface area (Å²) in [7, 11) is 0. The normalized spacial score (nSPS) is 10.6. The van der Waals surface area contributed by atoms with Crippen LogP contribution in [-0.2, 0) is 0 Å². The van der Waals surface area contributed by atoms with Crippen molar-refractivity contribution < 1.29 is 4.74 Å². The van der Waals surface area contributed by atoms with Crippen LogP contribution in [0.3, 0.4) is 0 Å². The molecular formula is C19H19N3O2S. The monoisotopic (exact) mass is 353 g/mol. The summed E-state index contributed by atoms with van der Waals surface area (Å²) in [5.41, 5.74) is 0.906. The molecule has 0 atom stereocenters. The lowest BCUT2D eigenvalue weighted by Gasteiger charge is -2.05. The molecule has 0 aliphatic rings. The van der Waals surface area contributed by atoms with Gasteiger partial charge in [-0.3, -0.25) is 9.78 Å². The summed E-state index contributed by atoms with van der Waals surface area (Å²) < 4.78 is 5.65.